The van der Waals surface area contributed by atoms with Crippen LogP contribution in [0.25, 0.3) is 0 Å². The van der Waals surface area contributed by atoms with Crippen molar-refractivity contribution in [3.63, 3.8) is 0 Å². The Morgan fingerprint density at radius 2 is 1.82 bits per heavy atom. The molecule has 0 atom stereocenters. The van der Waals surface area contributed by atoms with Gasteiger partial charge in [-0.3, -0.25) is 0 Å². The highest BCUT2D eigenvalue weighted by molar-refractivity contribution is 5.49. The van der Waals surface area contributed by atoms with Crippen LogP contribution >= 0.6 is 0 Å². The second-order valence-corrected chi connectivity index (χ2v) is 4.33. The fraction of sp³-hybridized carbons (Fsp3) is 0.692. The Bertz CT molecular complexity index is 345. The lowest BCUT2D eigenvalue weighted by atomic mass is 10.2. The zero-order chi connectivity index (χ0) is 12.8. The smallest absolute Gasteiger partial charge is 0.135 e. The molecule has 96 valence electrons. The van der Waals surface area contributed by atoms with Gasteiger partial charge < -0.3 is 10.2 Å². The Balaban J connectivity index is 3.10. The molecule has 0 saturated carbocycles. The van der Waals surface area contributed by atoms with E-state index < -0.39 is 0 Å². The number of hydrogen-bond donors (Lipinski definition) is 1. The first-order chi connectivity index (χ1) is 8.12. The van der Waals surface area contributed by atoms with Gasteiger partial charge >= 0.3 is 0 Å². The molecule has 0 aliphatic heterocycles. The largest absolute Gasteiger partial charge is 0.370 e. The molecule has 0 unspecified atom stereocenters. The Hall–Kier alpha value is -1.32. The first kappa shape index (κ1) is 13.7. The quantitative estimate of drug-likeness (QED) is 0.824. The zero-order valence-corrected chi connectivity index (χ0v) is 11.6. The summed E-state index contributed by atoms with van der Waals surface area (Å²) < 4.78 is 0. The standard InChI is InChI=1S/C13H24N4/c1-6-14-11-9-12(17(7-2)8-3)16-13(15-11)10(4)5/h9-10H,6-8H2,1-5H3,(H,14,15,16). The maximum absolute atomic E-state index is 4.63. The minimum atomic E-state index is 0.350. The van der Waals surface area contributed by atoms with Crippen LogP contribution in [0.5, 0.6) is 0 Å². The van der Waals surface area contributed by atoms with Crippen LogP contribution < -0.4 is 10.2 Å². The van der Waals surface area contributed by atoms with E-state index in [4.69, 9.17) is 0 Å². The normalized spacial score (nSPS) is 10.7. The van der Waals surface area contributed by atoms with Crippen molar-refractivity contribution in [2.75, 3.05) is 29.9 Å². The molecule has 1 N–H and O–H groups in total. The molecular weight excluding hydrogens is 212 g/mol. The molecule has 0 aromatic carbocycles. The fourth-order valence-corrected chi connectivity index (χ4v) is 1.69. The van der Waals surface area contributed by atoms with Gasteiger partial charge in [0.05, 0.1) is 0 Å². The van der Waals surface area contributed by atoms with Crippen LogP contribution in [0.1, 0.15) is 46.4 Å². The maximum atomic E-state index is 4.63. The number of anilines is 2. The Morgan fingerprint density at radius 3 is 2.29 bits per heavy atom. The van der Waals surface area contributed by atoms with Crippen LogP contribution in [0.4, 0.5) is 11.6 Å². The third kappa shape index (κ3) is 3.58. The first-order valence-electron chi connectivity index (χ1n) is 6.50. The van der Waals surface area contributed by atoms with Crippen LogP contribution in [0.3, 0.4) is 0 Å². The Morgan fingerprint density at radius 1 is 1.18 bits per heavy atom. The van der Waals surface area contributed by atoms with Gasteiger partial charge in [0.2, 0.25) is 0 Å². The summed E-state index contributed by atoms with van der Waals surface area (Å²) in [7, 11) is 0. The molecule has 0 aliphatic rings. The second kappa shape index (κ2) is 6.42. The van der Waals surface area contributed by atoms with E-state index in [9.17, 15) is 0 Å². The Kier molecular flexibility index (Phi) is 5.19. The van der Waals surface area contributed by atoms with E-state index >= 15 is 0 Å². The topological polar surface area (TPSA) is 41.0 Å². The van der Waals surface area contributed by atoms with E-state index in [0.29, 0.717) is 5.92 Å². The molecule has 0 spiro atoms. The lowest BCUT2D eigenvalue weighted by molar-refractivity contribution is 0.756. The molecule has 1 rings (SSSR count). The van der Waals surface area contributed by atoms with Gasteiger partial charge in [0.1, 0.15) is 17.5 Å². The van der Waals surface area contributed by atoms with Crippen molar-refractivity contribution in [2.45, 2.75) is 40.5 Å². The summed E-state index contributed by atoms with van der Waals surface area (Å²) in [5.41, 5.74) is 0. The van der Waals surface area contributed by atoms with E-state index in [1.54, 1.807) is 0 Å². The monoisotopic (exact) mass is 236 g/mol. The second-order valence-electron chi connectivity index (χ2n) is 4.33. The molecule has 0 amide bonds. The molecule has 0 saturated heterocycles. The summed E-state index contributed by atoms with van der Waals surface area (Å²) in [5, 5.41) is 3.27. The van der Waals surface area contributed by atoms with Gasteiger partial charge in [-0.05, 0) is 20.8 Å². The minimum Gasteiger partial charge on any atom is -0.370 e. The summed E-state index contributed by atoms with van der Waals surface area (Å²) in [5.74, 6) is 3.20. The highest BCUT2D eigenvalue weighted by Gasteiger charge is 2.11. The van der Waals surface area contributed by atoms with Gasteiger partial charge in [-0.1, -0.05) is 13.8 Å². The van der Waals surface area contributed by atoms with Crippen molar-refractivity contribution in [1.29, 1.82) is 0 Å². The van der Waals surface area contributed by atoms with Gasteiger partial charge in [-0.2, -0.15) is 0 Å². The number of aromatic nitrogens is 2. The van der Waals surface area contributed by atoms with E-state index in [1.165, 1.54) is 0 Å². The van der Waals surface area contributed by atoms with Crippen LogP contribution in [0.15, 0.2) is 6.07 Å². The lowest BCUT2D eigenvalue weighted by Crippen LogP contribution is -2.24. The maximum Gasteiger partial charge on any atom is 0.135 e. The van der Waals surface area contributed by atoms with Gasteiger partial charge in [0.15, 0.2) is 0 Å². The number of nitrogens with one attached hydrogen (secondary N) is 1. The van der Waals surface area contributed by atoms with E-state index in [-0.39, 0.29) is 0 Å². The number of hydrogen-bond acceptors (Lipinski definition) is 4. The van der Waals surface area contributed by atoms with Crippen LogP contribution in [-0.4, -0.2) is 29.6 Å². The van der Waals surface area contributed by atoms with E-state index in [1.807, 2.05) is 6.07 Å². The summed E-state index contributed by atoms with van der Waals surface area (Å²) in [4.78, 5) is 11.4. The van der Waals surface area contributed by atoms with E-state index in [0.717, 1.165) is 37.1 Å². The van der Waals surface area contributed by atoms with Crippen LogP contribution in [0.2, 0.25) is 0 Å². The average Bonchev–Trinajstić information content (AvgIpc) is 2.31. The fourth-order valence-electron chi connectivity index (χ4n) is 1.69. The molecule has 4 nitrogen and oxygen atoms in total. The van der Waals surface area contributed by atoms with Crippen molar-refractivity contribution in [2.24, 2.45) is 0 Å². The lowest BCUT2D eigenvalue weighted by Gasteiger charge is -2.21. The predicted molar refractivity (Wildman–Crippen MR) is 73.8 cm³/mol. The molecule has 0 aliphatic carbocycles. The van der Waals surface area contributed by atoms with Crippen molar-refractivity contribution >= 4 is 11.6 Å². The summed E-state index contributed by atoms with van der Waals surface area (Å²) in [6, 6.07) is 2.03. The molecule has 0 fully saturated rings. The highest BCUT2D eigenvalue weighted by Crippen LogP contribution is 2.19. The predicted octanol–water partition coefficient (Wildman–Crippen LogP) is 2.88. The number of nitrogens with zero attached hydrogens (tertiary/aromatic N) is 3. The van der Waals surface area contributed by atoms with Crippen molar-refractivity contribution in [3.8, 4) is 0 Å². The van der Waals surface area contributed by atoms with Crippen molar-refractivity contribution < 1.29 is 0 Å². The molecule has 0 radical (unpaired) electrons. The van der Waals surface area contributed by atoms with Crippen molar-refractivity contribution in [1.82, 2.24) is 9.97 Å². The molecule has 17 heavy (non-hydrogen) atoms. The van der Waals surface area contributed by atoms with Gasteiger partial charge in [0, 0.05) is 31.6 Å². The Labute approximate surface area is 104 Å². The zero-order valence-electron chi connectivity index (χ0n) is 11.6. The van der Waals surface area contributed by atoms with Crippen molar-refractivity contribution in [3.05, 3.63) is 11.9 Å². The van der Waals surface area contributed by atoms with Gasteiger partial charge in [0.25, 0.3) is 0 Å². The van der Waals surface area contributed by atoms with Gasteiger partial charge in [-0.15, -0.1) is 0 Å². The molecule has 1 aromatic heterocycles. The molecular formula is C13H24N4. The molecule has 1 heterocycles. The van der Waals surface area contributed by atoms with E-state index in [2.05, 4.69) is 54.8 Å². The van der Waals surface area contributed by atoms with Crippen LogP contribution in [-0.2, 0) is 0 Å². The minimum absolute atomic E-state index is 0.350. The SMILES string of the molecule is CCNc1cc(N(CC)CC)nc(C(C)C)n1. The van der Waals surface area contributed by atoms with Gasteiger partial charge in [-0.25, -0.2) is 9.97 Å². The van der Waals surface area contributed by atoms with Crippen LogP contribution in [0, 0.1) is 0 Å². The third-order valence-corrected chi connectivity index (χ3v) is 2.69. The highest BCUT2D eigenvalue weighted by atomic mass is 15.2. The number of rotatable bonds is 6. The summed E-state index contributed by atoms with van der Waals surface area (Å²) in [6.07, 6.45) is 0. The summed E-state index contributed by atoms with van der Waals surface area (Å²) >= 11 is 0. The average molecular weight is 236 g/mol. The third-order valence-electron chi connectivity index (χ3n) is 2.69. The first-order valence-corrected chi connectivity index (χ1v) is 6.50. The molecule has 4 heteroatoms. The summed E-state index contributed by atoms with van der Waals surface area (Å²) in [6.45, 7) is 13.4. The molecule has 1 aromatic rings. The molecule has 0 bridgehead atoms.